The van der Waals surface area contributed by atoms with E-state index in [0.717, 1.165) is 17.8 Å². The molecule has 3 aromatic rings. The Morgan fingerprint density at radius 2 is 1.77 bits per heavy atom. The van der Waals surface area contributed by atoms with Crippen LogP contribution in [0.4, 0.5) is 24.0 Å². The third kappa shape index (κ3) is 4.80. The zero-order chi connectivity index (χ0) is 22.2. The number of nitrogens with one attached hydrogen (secondary N) is 1. The molecule has 2 heterocycles. The number of thiocarbonyl (C=S) groups is 1. The second-order valence-electron chi connectivity index (χ2n) is 7.28. The lowest BCUT2D eigenvalue weighted by atomic mass is 10.2. The number of aryl methyl sites for hydroxylation is 1. The maximum atomic E-state index is 12.9. The summed E-state index contributed by atoms with van der Waals surface area (Å²) < 4.78 is 39.3. The molecule has 31 heavy (non-hydrogen) atoms. The van der Waals surface area contributed by atoms with Crippen molar-refractivity contribution in [1.82, 2.24) is 9.88 Å². The molecule has 0 spiro atoms. The normalized spacial score (nSPS) is 14.7. The molecule has 1 fully saturated rings. The second-order valence-corrected chi connectivity index (χ2v) is 8.68. The summed E-state index contributed by atoms with van der Waals surface area (Å²) in [6, 6.07) is 11.2. The molecule has 0 radical (unpaired) electrons. The molecule has 5 nitrogen and oxygen atoms in total. The molecule has 0 saturated carbocycles. The number of anilines is 2. The first-order chi connectivity index (χ1) is 14.7. The molecule has 2 aromatic carbocycles. The molecule has 0 amide bonds. The quantitative estimate of drug-likeness (QED) is 0.564. The topological polar surface area (TPSA) is 48.5 Å². The number of aromatic nitrogens is 1. The SMILES string of the molecule is Cc1ccc(NC(=S)N2CCN(c3nc(=O)c4cc(C(F)(F)F)ccc4s3)CC2)cc1. The minimum atomic E-state index is -4.49. The van der Waals surface area contributed by atoms with Crippen LogP contribution in [0, 0.1) is 6.92 Å². The van der Waals surface area contributed by atoms with Crippen LogP contribution in [0.15, 0.2) is 47.3 Å². The van der Waals surface area contributed by atoms with Gasteiger partial charge in [-0.1, -0.05) is 29.0 Å². The van der Waals surface area contributed by atoms with Crippen molar-refractivity contribution >= 4 is 49.6 Å². The monoisotopic (exact) mass is 464 g/mol. The lowest BCUT2D eigenvalue weighted by Crippen LogP contribution is -2.50. The van der Waals surface area contributed by atoms with Crippen molar-refractivity contribution in [3.8, 4) is 0 Å². The van der Waals surface area contributed by atoms with E-state index in [1.54, 1.807) is 0 Å². The van der Waals surface area contributed by atoms with E-state index < -0.39 is 17.3 Å². The van der Waals surface area contributed by atoms with E-state index in [9.17, 15) is 18.0 Å². The number of fused-ring (bicyclic) bond motifs is 1. The van der Waals surface area contributed by atoms with E-state index in [1.807, 2.05) is 41.0 Å². The van der Waals surface area contributed by atoms with Crippen molar-refractivity contribution in [1.29, 1.82) is 0 Å². The number of alkyl halides is 3. The lowest BCUT2D eigenvalue weighted by molar-refractivity contribution is -0.137. The average Bonchev–Trinajstić information content (AvgIpc) is 2.74. The van der Waals surface area contributed by atoms with Crippen molar-refractivity contribution in [2.75, 3.05) is 36.4 Å². The molecule has 1 N–H and O–H groups in total. The van der Waals surface area contributed by atoms with E-state index in [1.165, 1.54) is 23.0 Å². The maximum Gasteiger partial charge on any atom is 0.416 e. The van der Waals surface area contributed by atoms with E-state index in [4.69, 9.17) is 12.2 Å². The Morgan fingerprint density at radius 3 is 2.42 bits per heavy atom. The molecule has 1 aliphatic heterocycles. The van der Waals surface area contributed by atoms with Crippen molar-refractivity contribution in [2.45, 2.75) is 13.1 Å². The first-order valence-electron chi connectivity index (χ1n) is 9.60. The molecule has 10 heteroatoms. The van der Waals surface area contributed by atoms with Crippen LogP contribution in [0.25, 0.3) is 10.1 Å². The predicted molar refractivity (Wildman–Crippen MR) is 122 cm³/mol. The molecule has 1 aliphatic rings. The summed E-state index contributed by atoms with van der Waals surface area (Å²) >= 11 is 6.73. The van der Waals surface area contributed by atoms with Gasteiger partial charge >= 0.3 is 6.18 Å². The molecule has 1 aromatic heterocycles. The summed E-state index contributed by atoms with van der Waals surface area (Å²) in [6.45, 7) is 4.51. The summed E-state index contributed by atoms with van der Waals surface area (Å²) in [5.74, 6) is 0. The van der Waals surface area contributed by atoms with Gasteiger partial charge in [-0.25, -0.2) is 0 Å². The molecule has 1 saturated heterocycles. The average molecular weight is 465 g/mol. The largest absolute Gasteiger partial charge is 0.416 e. The highest BCUT2D eigenvalue weighted by atomic mass is 32.1. The van der Waals surface area contributed by atoms with Gasteiger partial charge in [-0.05, 0) is 49.5 Å². The smallest absolute Gasteiger partial charge is 0.345 e. The zero-order valence-corrected chi connectivity index (χ0v) is 18.2. The first-order valence-corrected chi connectivity index (χ1v) is 10.8. The summed E-state index contributed by atoms with van der Waals surface area (Å²) in [5.41, 5.74) is 0.600. The predicted octanol–water partition coefficient (Wildman–Crippen LogP) is 4.50. The van der Waals surface area contributed by atoms with Gasteiger partial charge in [0.15, 0.2) is 10.2 Å². The van der Waals surface area contributed by atoms with Crippen molar-refractivity contribution in [3.63, 3.8) is 0 Å². The standard InChI is InChI=1S/C21H19F3N4OS2/c1-13-2-5-15(6-3-13)25-19(30)27-8-10-28(11-9-27)20-26-18(29)16-12-14(21(22,23)24)4-7-17(16)31-20/h2-7,12H,8-11H2,1H3,(H,25,30). The van der Waals surface area contributed by atoms with Gasteiger partial charge in [0.05, 0.1) is 10.9 Å². The molecule has 0 aliphatic carbocycles. The first kappa shape index (κ1) is 21.5. The fourth-order valence-corrected chi connectivity index (χ4v) is 4.64. The Balaban J connectivity index is 1.45. The van der Waals surface area contributed by atoms with E-state index >= 15 is 0 Å². The highest BCUT2D eigenvalue weighted by molar-refractivity contribution is 7.80. The maximum absolute atomic E-state index is 12.9. The number of rotatable bonds is 2. The fourth-order valence-electron chi connectivity index (χ4n) is 3.31. The van der Waals surface area contributed by atoms with Crippen LogP contribution in [0.2, 0.25) is 0 Å². The number of halogens is 3. The Bertz CT molecular complexity index is 1170. The molecule has 162 valence electrons. The van der Waals surface area contributed by atoms with Crippen LogP contribution >= 0.6 is 23.6 Å². The lowest BCUT2D eigenvalue weighted by Gasteiger charge is -2.36. The summed E-state index contributed by atoms with van der Waals surface area (Å²) in [6.07, 6.45) is -4.49. The van der Waals surface area contributed by atoms with Crippen LogP contribution < -0.4 is 15.8 Å². The molecular formula is C21H19F3N4OS2. The highest BCUT2D eigenvalue weighted by Crippen LogP contribution is 2.32. The molecule has 0 unspecified atom stereocenters. The minimum Gasteiger partial charge on any atom is -0.345 e. The third-order valence-electron chi connectivity index (χ3n) is 5.08. The van der Waals surface area contributed by atoms with E-state index in [-0.39, 0.29) is 5.39 Å². The van der Waals surface area contributed by atoms with E-state index in [0.29, 0.717) is 41.1 Å². The number of hydrogen-bond donors (Lipinski definition) is 1. The molecule has 0 bridgehead atoms. The van der Waals surface area contributed by atoms with Crippen LogP contribution in [0.5, 0.6) is 0 Å². The second kappa shape index (κ2) is 8.43. The Kier molecular flexibility index (Phi) is 5.85. The summed E-state index contributed by atoms with van der Waals surface area (Å²) in [5, 5.41) is 4.36. The van der Waals surface area contributed by atoms with Gasteiger partial charge < -0.3 is 15.1 Å². The van der Waals surface area contributed by atoms with E-state index in [2.05, 4.69) is 10.3 Å². The van der Waals surface area contributed by atoms with Gasteiger partial charge in [0, 0.05) is 36.6 Å². The molecule has 0 atom stereocenters. The van der Waals surface area contributed by atoms with Gasteiger partial charge in [-0.3, -0.25) is 4.79 Å². The van der Waals surface area contributed by atoms with Crippen molar-refractivity contribution in [3.05, 3.63) is 63.9 Å². The van der Waals surface area contributed by atoms with Crippen LogP contribution in [-0.2, 0) is 6.18 Å². The van der Waals surface area contributed by atoms with Gasteiger partial charge in [0.2, 0.25) is 0 Å². The minimum absolute atomic E-state index is 0.00862. The Morgan fingerprint density at radius 1 is 1.10 bits per heavy atom. The van der Waals surface area contributed by atoms with Crippen molar-refractivity contribution in [2.24, 2.45) is 0 Å². The fraction of sp³-hybridized carbons (Fsp3) is 0.286. The van der Waals surface area contributed by atoms with Gasteiger partial charge in [0.1, 0.15) is 0 Å². The zero-order valence-electron chi connectivity index (χ0n) is 16.6. The summed E-state index contributed by atoms with van der Waals surface area (Å²) in [4.78, 5) is 20.4. The Hall–Kier alpha value is -2.72. The number of nitrogens with zero attached hydrogens (tertiary/aromatic N) is 3. The molecular weight excluding hydrogens is 445 g/mol. The molecule has 4 rings (SSSR count). The van der Waals surface area contributed by atoms with Crippen molar-refractivity contribution < 1.29 is 13.2 Å². The van der Waals surface area contributed by atoms with Gasteiger partial charge in [0.25, 0.3) is 5.56 Å². The Labute approximate surface area is 186 Å². The van der Waals surface area contributed by atoms with Crippen LogP contribution in [-0.4, -0.2) is 41.2 Å². The van der Waals surface area contributed by atoms with Gasteiger partial charge in [-0.15, -0.1) is 0 Å². The van der Waals surface area contributed by atoms with Crippen LogP contribution in [0.3, 0.4) is 0 Å². The highest BCUT2D eigenvalue weighted by Gasteiger charge is 2.31. The number of benzene rings is 2. The van der Waals surface area contributed by atoms with Crippen LogP contribution in [0.1, 0.15) is 11.1 Å². The number of piperazine rings is 1. The van der Waals surface area contributed by atoms with Gasteiger partial charge in [-0.2, -0.15) is 18.2 Å². The third-order valence-corrected chi connectivity index (χ3v) is 6.54. The summed E-state index contributed by atoms with van der Waals surface area (Å²) in [7, 11) is 0. The number of hydrogen-bond acceptors (Lipinski definition) is 5.